The highest BCUT2D eigenvalue weighted by Crippen LogP contribution is 2.31. The number of hydrogen-bond acceptors (Lipinski definition) is 5. The van der Waals surface area contributed by atoms with Gasteiger partial charge in [-0.15, -0.1) is 0 Å². The third-order valence-electron chi connectivity index (χ3n) is 4.01. The quantitative estimate of drug-likeness (QED) is 0.552. The number of ether oxygens (including phenoxy) is 2. The van der Waals surface area contributed by atoms with Crippen LogP contribution < -0.4 is 10.2 Å². The lowest BCUT2D eigenvalue weighted by molar-refractivity contribution is -0.121. The zero-order valence-electron chi connectivity index (χ0n) is 15.2. The fourth-order valence-corrected chi connectivity index (χ4v) is 2.76. The minimum absolute atomic E-state index is 0.0259. The maximum atomic E-state index is 11.9. The van der Waals surface area contributed by atoms with Gasteiger partial charge in [-0.25, -0.2) is 0 Å². The van der Waals surface area contributed by atoms with Crippen LogP contribution in [0.2, 0.25) is 0 Å². The van der Waals surface area contributed by atoms with Crippen LogP contribution in [-0.2, 0) is 20.7 Å². The van der Waals surface area contributed by atoms with E-state index in [4.69, 9.17) is 9.47 Å². The third kappa shape index (κ3) is 5.69. The van der Waals surface area contributed by atoms with E-state index in [0.29, 0.717) is 13.2 Å². The Kier molecular flexibility index (Phi) is 7.63. The number of aliphatic imine (C=N–C) groups is 1. The number of carbonyl (C=O) groups is 1. The Balaban J connectivity index is 1.98. The van der Waals surface area contributed by atoms with Crippen molar-refractivity contribution in [2.75, 3.05) is 50.2 Å². The number of hydrogen-bond donors (Lipinski definition) is 1. The second kappa shape index (κ2) is 9.96. The molecule has 6 nitrogen and oxygen atoms in total. The average Bonchev–Trinajstić information content (AvgIpc) is 3.00. The molecule has 1 aliphatic heterocycles. The predicted octanol–water partition coefficient (Wildman–Crippen LogP) is 2.65. The van der Waals surface area contributed by atoms with Gasteiger partial charge in [0.2, 0.25) is 5.91 Å². The maximum absolute atomic E-state index is 11.9. The Hall–Kier alpha value is -2.18. The lowest BCUT2D eigenvalue weighted by Gasteiger charge is -2.20. The molecule has 1 N–H and O–H groups in total. The SMILES string of the molecule is CC=N/C(=C\C)CN1CCc2ccc(NC(=O)COCCOC)cc21. The van der Waals surface area contributed by atoms with Crippen molar-refractivity contribution in [2.24, 2.45) is 4.99 Å². The van der Waals surface area contributed by atoms with Gasteiger partial charge in [-0.1, -0.05) is 12.1 Å². The van der Waals surface area contributed by atoms with Crippen molar-refractivity contribution in [3.8, 4) is 0 Å². The van der Waals surface area contributed by atoms with Crippen molar-refractivity contribution >= 4 is 23.5 Å². The number of carbonyl (C=O) groups excluding carboxylic acids is 1. The summed E-state index contributed by atoms with van der Waals surface area (Å²) in [6.07, 6.45) is 4.85. The number of rotatable bonds is 9. The van der Waals surface area contributed by atoms with E-state index in [2.05, 4.69) is 21.3 Å². The van der Waals surface area contributed by atoms with Gasteiger partial charge in [0.25, 0.3) is 0 Å². The summed E-state index contributed by atoms with van der Waals surface area (Å²) in [6.45, 7) is 6.57. The van der Waals surface area contributed by atoms with Gasteiger partial charge in [0.15, 0.2) is 0 Å². The molecular formula is C19H27N3O3. The Labute approximate surface area is 149 Å². The van der Waals surface area contributed by atoms with Crippen LogP contribution in [0.4, 0.5) is 11.4 Å². The van der Waals surface area contributed by atoms with Crippen molar-refractivity contribution < 1.29 is 14.3 Å². The number of nitrogens with zero attached hydrogens (tertiary/aromatic N) is 2. The molecule has 1 aromatic rings. The molecule has 0 radical (unpaired) electrons. The molecule has 0 unspecified atom stereocenters. The van der Waals surface area contributed by atoms with E-state index in [1.165, 1.54) is 5.56 Å². The van der Waals surface area contributed by atoms with Gasteiger partial charge in [-0.2, -0.15) is 0 Å². The number of anilines is 2. The molecule has 25 heavy (non-hydrogen) atoms. The Morgan fingerprint density at radius 3 is 2.92 bits per heavy atom. The first-order valence-corrected chi connectivity index (χ1v) is 8.56. The van der Waals surface area contributed by atoms with Crippen molar-refractivity contribution in [1.29, 1.82) is 0 Å². The summed E-state index contributed by atoms with van der Waals surface area (Å²) < 4.78 is 10.1. The van der Waals surface area contributed by atoms with Crippen molar-refractivity contribution in [3.05, 3.63) is 35.5 Å². The number of allylic oxidation sites excluding steroid dienone is 1. The predicted molar refractivity (Wildman–Crippen MR) is 102 cm³/mol. The molecule has 136 valence electrons. The highest BCUT2D eigenvalue weighted by Gasteiger charge is 2.20. The van der Waals surface area contributed by atoms with Gasteiger partial charge in [-0.3, -0.25) is 9.79 Å². The van der Waals surface area contributed by atoms with Crippen LogP contribution in [0.15, 0.2) is 35.0 Å². The van der Waals surface area contributed by atoms with E-state index in [1.54, 1.807) is 7.11 Å². The molecule has 0 bridgehead atoms. The van der Waals surface area contributed by atoms with Crippen molar-refractivity contribution in [1.82, 2.24) is 0 Å². The molecule has 0 aromatic heterocycles. The molecule has 0 saturated heterocycles. The minimum Gasteiger partial charge on any atom is -0.382 e. The van der Waals surface area contributed by atoms with Crippen LogP contribution in [0.5, 0.6) is 0 Å². The lowest BCUT2D eigenvalue weighted by Crippen LogP contribution is -2.23. The third-order valence-corrected chi connectivity index (χ3v) is 4.01. The van der Waals surface area contributed by atoms with E-state index in [0.717, 1.165) is 36.6 Å². The first kappa shape index (κ1) is 19.1. The summed E-state index contributed by atoms with van der Waals surface area (Å²) in [7, 11) is 1.60. The topological polar surface area (TPSA) is 63.2 Å². The summed E-state index contributed by atoms with van der Waals surface area (Å²) in [5.41, 5.74) is 4.28. The molecule has 1 aliphatic rings. The van der Waals surface area contributed by atoms with Gasteiger partial charge < -0.3 is 19.7 Å². The highest BCUT2D eigenvalue weighted by molar-refractivity contribution is 5.92. The van der Waals surface area contributed by atoms with Crippen molar-refractivity contribution in [2.45, 2.75) is 20.3 Å². The number of amides is 1. The number of methoxy groups -OCH3 is 1. The monoisotopic (exact) mass is 345 g/mol. The van der Waals surface area contributed by atoms with Crippen LogP contribution in [0.3, 0.4) is 0 Å². The smallest absolute Gasteiger partial charge is 0.250 e. The van der Waals surface area contributed by atoms with Gasteiger partial charge in [-0.05, 0) is 38.0 Å². The molecule has 6 heteroatoms. The summed E-state index contributed by atoms with van der Waals surface area (Å²) >= 11 is 0. The van der Waals surface area contributed by atoms with Crippen LogP contribution in [0, 0.1) is 0 Å². The van der Waals surface area contributed by atoms with Gasteiger partial charge >= 0.3 is 0 Å². The van der Waals surface area contributed by atoms with Crippen LogP contribution in [0.1, 0.15) is 19.4 Å². The van der Waals surface area contributed by atoms with Gasteiger partial charge in [0.1, 0.15) is 6.61 Å². The molecule has 0 spiro atoms. The summed E-state index contributed by atoms with van der Waals surface area (Å²) in [4.78, 5) is 18.6. The summed E-state index contributed by atoms with van der Waals surface area (Å²) in [5.74, 6) is -0.162. The first-order chi connectivity index (χ1) is 12.2. The van der Waals surface area contributed by atoms with Gasteiger partial charge in [0, 0.05) is 31.2 Å². The van der Waals surface area contributed by atoms with E-state index in [1.807, 2.05) is 38.3 Å². The zero-order chi connectivity index (χ0) is 18.1. The molecule has 0 saturated carbocycles. The van der Waals surface area contributed by atoms with Gasteiger partial charge in [0.05, 0.1) is 25.5 Å². The zero-order valence-corrected chi connectivity index (χ0v) is 15.2. The van der Waals surface area contributed by atoms with E-state index >= 15 is 0 Å². The lowest BCUT2D eigenvalue weighted by atomic mass is 10.1. The summed E-state index contributed by atoms with van der Waals surface area (Å²) in [5, 5.41) is 2.89. The largest absolute Gasteiger partial charge is 0.382 e. The number of nitrogens with one attached hydrogen (secondary N) is 1. The van der Waals surface area contributed by atoms with Crippen LogP contribution in [0.25, 0.3) is 0 Å². The highest BCUT2D eigenvalue weighted by atomic mass is 16.5. The normalized spacial score (nSPS) is 14.2. The molecule has 0 atom stereocenters. The molecule has 1 aromatic carbocycles. The average molecular weight is 345 g/mol. The first-order valence-electron chi connectivity index (χ1n) is 8.56. The van der Waals surface area contributed by atoms with E-state index in [9.17, 15) is 4.79 Å². The molecular weight excluding hydrogens is 318 g/mol. The van der Waals surface area contributed by atoms with Crippen LogP contribution in [-0.4, -0.2) is 52.1 Å². The molecule has 1 amide bonds. The van der Waals surface area contributed by atoms with E-state index < -0.39 is 0 Å². The standard InChI is InChI=1S/C19H27N3O3/c1-4-16(20-5-2)13-22-9-8-15-6-7-17(12-18(15)22)21-19(23)14-25-11-10-24-3/h4-7,12H,8-11,13-14H2,1-3H3,(H,21,23)/b16-4-,20-5?. The second-order valence-corrected chi connectivity index (χ2v) is 5.78. The van der Waals surface area contributed by atoms with Crippen LogP contribution >= 0.6 is 0 Å². The Morgan fingerprint density at radius 1 is 1.36 bits per heavy atom. The fourth-order valence-electron chi connectivity index (χ4n) is 2.76. The second-order valence-electron chi connectivity index (χ2n) is 5.78. The number of benzene rings is 1. The van der Waals surface area contributed by atoms with Crippen molar-refractivity contribution in [3.63, 3.8) is 0 Å². The number of fused-ring (bicyclic) bond motifs is 1. The molecule has 0 fully saturated rings. The molecule has 2 rings (SSSR count). The fraction of sp³-hybridized carbons (Fsp3) is 0.474. The Bertz CT molecular complexity index is 641. The molecule has 1 heterocycles. The summed E-state index contributed by atoms with van der Waals surface area (Å²) in [6, 6.07) is 6.05. The Morgan fingerprint density at radius 2 is 2.20 bits per heavy atom. The minimum atomic E-state index is -0.162. The maximum Gasteiger partial charge on any atom is 0.250 e. The molecule has 0 aliphatic carbocycles. The van der Waals surface area contributed by atoms with E-state index in [-0.39, 0.29) is 12.5 Å².